The molecule has 1 aliphatic carbocycles. The Morgan fingerprint density at radius 3 is 2.82 bits per heavy atom. The van der Waals surface area contributed by atoms with Crippen LogP contribution in [0.2, 0.25) is 0 Å². The summed E-state index contributed by atoms with van der Waals surface area (Å²) in [5, 5.41) is 21.0. The minimum Gasteiger partial charge on any atom is -0.389 e. The summed E-state index contributed by atoms with van der Waals surface area (Å²) in [5.41, 5.74) is 0.850. The molecule has 2 unspecified atom stereocenters. The summed E-state index contributed by atoms with van der Waals surface area (Å²) >= 11 is 2.94. The lowest BCUT2D eigenvalue weighted by molar-refractivity contribution is -0.0778. The van der Waals surface area contributed by atoms with Crippen LogP contribution in [0.4, 0.5) is 0 Å². The molecule has 1 aromatic heterocycles. The minimum absolute atomic E-state index is 0.249. The van der Waals surface area contributed by atoms with E-state index in [2.05, 4.69) is 20.9 Å². The number of nitriles is 1. The molecule has 0 amide bonds. The van der Waals surface area contributed by atoms with Gasteiger partial charge < -0.3 is 9.84 Å². The molecule has 0 saturated carbocycles. The van der Waals surface area contributed by atoms with Crippen molar-refractivity contribution in [1.82, 2.24) is 4.98 Å². The van der Waals surface area contributed by atoms with E-state index in [0.717, 1.165) is 10.8 Å². The van der Waals surface area contributed by atoms with E-state index in [-0.39, 0.29) is 11.7 Å². The summed E-state index contributed by atoms with van der Waals surface area (Å²) in [4.78, 5) is 4.30. The van der Waals surface area contributed by atoms with Crippen molar-refractivity contribution < 1.29 is 9.84 Å². The van der Waals surface area contributed by atoms with Gasteiger partial charge in [0.05, 0.1) is 17.1 Å². The molecule has 5 heteroatoms. The van der Waals surface area contributed by atoms with Crippen molar-refractivity contribution in [2.75, 3.05) is 5.83 Å². The second kappa shape index (κ2) is 6.74. The summed E-state index contributed by atoms with van der Waals surface area (Å²) in [6, 6.07) is 5.56. The molecule has 1 saturated heterocycles. The Balaban J connectivity index is 0.000000847. The van der Waals surface area contributed by atoms with E-state index in [1.54, 1.807) is 6.07 Å². The SMILES string of the molecule is CBr.CC1(C)CC(O)C2=c3ccc(C#N)nc3=CC=CC2O1. The van der Waals surface area contributed by atoms with Gasteiger partial charge in [0.2, 0.25) is 0 Å². The molecule has 0 bridgehead atoms. The number of hydrogen-bond acceptors (Lipinski definition) is 4. The molecule has 22 heavy (non-hydrogen) atoms. The molecule has 116 valence electrons. The van der Waals surface area contributed by atoms with Crippen LogP contribution in [0, 0.1) is 11.3 Å². The molecule has 0 radical (unpaired) electrons. The third-order valence-corrected chi connectivity index (χ3v) is 3.69. The van der Waals surface area contributed by atoms with Crippen LogP contribution in [-0.4, -0.2) is 33.7 Å². The maximum absolute atomic E-state index is 10.5. The Labute approximate surface area is 138 Å². The van der Waals surface area contributed by atoms with Crippen LogP contribution in [0.1, 0.15) is 26.0 Å². The fourth-order valence-electron chi connectivity index (χ4n) is 2.85. The monoisotopic (exact) mass is 362 g/mol. The van der Waals surface area contributed by atoms with Gasteiger partial charge in [-0.05, 0) is 37.9 Å². The number of alkyl halides is 1. The molecule has 1 fully saturated rings. The molecule has 1 aromatic rings. The Morgan fingerprint density at radius 1 is 1.41 bits per heavy atom. The van der Waals surface area contributed by atoms with Gasteiger partial charge in [-0.1, -0.05) is 28.1 Å². The molecule has 0 spiro atoms. The van der Waals surface area contributed by atoms with Crippen molar-refractivity contribution in [2.45, 2.75) is 38.1 Å². The Kier molecular flexibility index (Phi) is 5.17. The van der Waals surface area contributed by atoms with Crippen LogP contribution < -0.4 is 10.6 Å². The topological polar surface area (TPSA) is 66.1 Å². The number of rotatable bonds is 0. The number of aliphatic hydroxyl groups excluding tert-OH is 1. The highest BCUT2D eigenvalue weighted by atomic mass is 79.9. The smallest absolute Gasteiger partial charge is 0.141 e. The number of hydrogen-bond donors (Lipinski definition) is 1. The minimum atomic E-state index is -0.562. The van der Waals surface area contributed by atoms with Crippen LogP contribution in [0.3, 0.4) is 0 Å². The number of aromatic nitrogens is 1. The second-order valence-corrected chi connectivity index (χ2v) is 5.77. The summed E-state index contributed by atoms with van der Waals surface area (Å²) in [6.07, 6.45) is 5.39. The zero-order chi connectivity index (χ0) is 16.3. The average molecular weight is 363 g/mol. The molecule has 2 atom stereocenters. The van der Waals surface area contributed by atoms with Gasteiger partial charge in [-0.15, -0.1) is 0 Å². The number of halogens is 1. The average Bonchev–Trinajstić information content (AvgIpc) is 2.66. The van der Waals surface area contributed by atoms with Crippen LogP contribution >= 0.6 is 15.9 Å². The highest BCUT2D eigenvalue weighted by Gasteiger charge is 2.37. The largest absolute Gasteiger partial charge is 0.389 e. The van der Waals surface area contributed by atoms with E-state index >= 15 is 0 Å². The first-order valence-electron chi connectivity index (χ1n) is 7.04. The van der Waals surface area contributed by atoms with Gasteiger partial charge in [-0.25, -0.2) is 4.98 Å². The molecular formula is C17H19BrN2O2. The first kappa shape index (κ1) is 16.9. The first-order valence-corrected chi connectivity index (χ1v) is 8.62. The van der Waals surface area contributed by atoms with Gasteiger partial charge >= 0.3 is 0 Å². The molecule has 2 aliphatic rings. The number of ether oxygens (including phenoxy) is 1. The number of pyridine rings is 1. The van der Waals surface area contributed by atoms with Gasteiger partial charge in [0, 0.05) is 17.2 Å². The molecule has 3 rings (SSSR count). The van der Waals surface area contributed by atoms with Crippen molar-refractivity contribution in [1.29, 1.82) is 5.26 Å². The lowest BCUT2D eigenvalue weighted by Crippen LogP contribution is -2.47. The van der Waals surface area contributed by atoms with Gasteiger partial charge in [-0.2, -0.15) is 5.26 Å². The summed E-state index contributed by atoms with van der Waals surface area (Å²) < 4.78 is 6.04. The Morgan fingerprint density at radius 2 is 2.14 bits per heavy atom. The third kappa shape index (κ3) is 3.30. The van der Waals surface area contributed by atoms with Gasteiger partial charge in [0.25, 0.3) is 0 Å². The van der Waals surface area contributed by atoms with E-state index in [1.165, 1.54) is 0 Å². The summed E-state index contributed by atoms with van der Waals surface area (Å²) in [5.74, 6) is 1.81. The third-order valence-electron chi connectivity index (χ3n) is 3.69. The van der Waals surface area contributed by atoms with Crippen LogP contribution in [0.5, 0.6) is 0 Å². The maximum Gasteiger partial charge on any atom is 0.141 e. The quantitative estimate of drug-likeness (QED) is 0.708. The number of allylic oxidation sites excluding steroid dienone is 1. The van der Waals surface area contributed by atoms with E-state index < -0.39 is 6.10 Å². The Bertz CT molecular complexity index is 747. The lowest BCUT2D eigenvalue weighted by atomic mass is 9.87. The van der Waals surface area contributed by atoms with Gasteiger partial charge in [0.15, 0.2) is 0 Å². The number of aliphatic hydroxyl groups is 1. The fraction of sp³-hybridized carbons (Fsp3) is 0.412. The molecule has 4 nitrogen and oxygen atoms in total. The van der Waals surface area contributed by atoms with E-state index in [9.17, 15) is 5.11 Å². The number of nitrogens with zero attached hydrogens (tertiary/aromatic N) is 2. The van der Waals surface area contributed by atoms with Gasteiger partial charge in [0.1, 0.15) is 17.9 Å². The molecule has 1 N–H and O–H groups in total. The normalized spacial score (nSPS) is 24.6. The van der Waals surface area contributed by atoms with Crippen molar-refractivity contribution in [3.63, 3.8) is 0 Å². The summed E-state index contributed by atoms with van der Waals surface area (Å²) in [6.45, 7) is 3.96. The van der Waals surface area contributed by atoms with E-state index in [1.807, 2.05) is 50.0 Å². The lowest BCUT2D eigenvalue weighted by Gasteiger charge is -2.39. The standard InChI is InChI=1S/C16H16N2O2.CH3Br/c1-16(2)8-13(19)15-11-7-6-10(9-17)18-12(11)4-3-5-14(15)20-16;1-2/h3-7,13-14,19H,8H2,1-2H3;1H3. The molecular weight excluding hydrogens is 344 g/mol. The van der Waals surface area contributed by atoms with Crippen molar-refractivity contribution >= 4 is 27.6 Å². The second-order valence-electron chi connectivity index (χ2n) is 5.77. The predicted molar refractivity (Wildman–Crippen MR) is 89.6 cm³/mol. The van der Waals surface area contributed by atoms with Crippen molar-refractivity contribution in [3.8, 4) is 6.07 Å². The first-order chi connectivity index (χ1) is 10.5. The summed E-state index contributed by atoms with van der Waals surface area (Å²) in [7, 11) is 0. The zero-order valence-corrected chi connectivity index (χ0v) is 14.5. The van der Waals surface area contributed by atoms with Crippen LogP contribution in [-0.2, 0) is 4.74 Å². The van der Waals surface area contributed by atoms with E-state index in [0.29, 0.717) is 17.5 Å². The van der Waals surface area contributed by atoms with Crippen molar-refractivity contribution in [2.24, 2.45) is 0 Å². The highest BCUT2D eigenvalue weighted by Crippen LogP contribution is 2.33. The predicted octanol–water partition coefficient (Wildman–Crippen LogP) is 1.39. The van der Waals surface area contributed by atoms with Crippen molar-refractivity contribution in [3.05, 3.63) is 40.5 Å². The molecule has 0 aromatic carbocycles. The fourth-order valence-corrected chi connectivity index (χ4v) is 2.85. The Hall–Kier alpha value is -1.48. The molecule has 1 aliphatic heterocycles. The van der Waals surface area contributed by atoms with Crippen LogP contribution in [0.25, 0.3) is 11.6 Å². The van der Waals surface area contributed by atoms with Crippen LogP contribution in [0.15, 0.2) is 24.3 Å². The number of fused-ring (bicyclic) bond motifs is 2. The van der Waals surface area contributed by atoms with Gasteiger partial charge in [-0.3, -0.25) is 0 Å². The van der Waals surface area contributed by atoms with E-state index in [4.69, 9.17) is 10.00 Å². The highest BCUT2D eigenvalue weighted by molar-refractivity contribution is 9.08. The zero-order valence-electron chi connectivity index (χ0n) is 12.9. The molecule has 2 heterocycles. The maximum atomic E-state index is 10.5.